The van der Waals surface area contributed by atoms with Crippen LogP contribution in [0.25, 0.3) is 11.4 Å². The highest BCUT2D eigenvalue weighted by atomic mass is 16.5. The van der Waals surface area contributed by atoms with Gasteiger partial charge in [-0.05, 0) is 18.6 Å². The molecule has 2 amide bonds. The minimum atomic E-state index is -0.445. The number of pyridine rings is 1. The monoisotopic (exact) mass is 358 g/mol. The third kappa shape index (κ3) is 4.50. The highest BCUT2D eigenvalue weighted by molar-refractivity contribution is 6.02. The molecule has 9 heteroatoms. The van der Waals surface area contributed by atoms with Crippen LogP contribution in [-0.4, -0.2) is 51.0 Å². The molecule has 3 rings (SSSR count). The number of hydrogen-bond donors (Lipinski definition) is 0. The molecule has 26 heavy (non-hydrogen) atoms. The van der Waals surface area contributed by atoms with Crippen LogP contribution in [0.2, 0.25) is 0 Å². The average molecular weight is 358 g/mol. The summed E-state index contributed by atoms with van der Waals surface area (Å²) in [4.78, 5) is 43.9. The standard InChI is InChI=1S/C17H18N4O5/c22-14-5-6-15(23)21(14)9-7-16(24)25-10-2-4-13-19-17(20-26-13)12-3-1-8-18-11-12/h1,3,8,11H,2,4-7,9-10H2. The Kier molecular flexibility index (Phi) is 5.67. The van der Waals surface area contributed by atoms with E-state index in [1.54, 1.807) is 18.5 Å². The van der Waals surface area contributed by atoms with Crippen LogP contribution in [0.3, 0.4) is 0 Å². The lowest BCUT2D eigenvalue weighted by molar-refractivity contribution is -0.145. The number of esters is 1. The van der Waals surface area contributed by atoms with Crippen LogP contribution in [0.15, 0.2) is 29.0 Å². The van der Waals surface area contributed by atoms with Gasteiger partial charge in [0.05, 0.1) is 13.0 Å². The molecule has 0 radical (unpaired) electrons. The van der Waals surface area contributed by atoms with Crippen LogP contribution in [0, 0.1) is 0 Å². The van der Waals surface area contributed by atoms with Crippen molar-refractivity contribution in [1.29, 1.82) is 0 Å². The van der Waals surface area contributed by atoms with Crippen LogP contribution < -0.4 is 0 Å². The molecule has 9 nitrogen and oxygen atoms in total. The predicted octanol–water partition coefficient (Wildman–Crippen LogP) is 1.15. The van der Waals surface area contributed by atoms with Crippen molar-refractivity contribution in [3.05, 3.63) is 30.4 Å². The molecule has 3 heterocycles. The third-order valence-corrected chi connectivity index (χ3v) is 3.88. The van der Waals surface area contributed by atoms with Crippen LogP contribution in [0.5, 0.6) is 0 Å². The number of nitrogens with zero attached hydrogens (tertiary/aromatic N) is 4. The Balaban J connectivity index is 1.35. The van der Waals surface area contributed by atoms with Crippen LogP contribution >= 0.6 is 0 Å². The number of hydrogen-bond acceptors (Lipinski definition) is 8. The fourth-order valence-corrected chi connectivity index (χ4v) is 2.53. The average Bonchev–Trinajstić information content (AvgIpc) is 3.25. The second-order valence-electron chi connectivity index (χ2n) is 5.77. The van der Waals surface area contributed by atoms with Gasteiger partial charge < -0.3 is 9.26 Å². The van der Waals surface area contributed by atoms with Gasteiger partial charge in [-0.15, -0.1) is 0 Å². The number of carbonyl (C=O) groups is 3. The normalized spacial score (nSPS) is 14.1. The largest absolute Gasteiger partial charge is 0.466 e. The number of carbonyl (C=O) groups excluding carboxylic acids is 3. The molecule has 0 saturated carbocycles. The lowest BCUT2D eigenvalue weighted by Gasteiger charge is -2.12. The maximum Gasteiger partial charge on any atom is 0.307 e. The Morgan fingerprint density at radius 1 is 1.27 bits per heavy atom. The maximum absolute atomic E-state index is 11.7. The van der Waals surface area contributed by atoms with E-state index in [-0.39, 0.29) is 44.2 Å². The van der Waals surface area contributed by atoms with E-state index in [9.17, 15) is 14.4 Å². The minimum absolute atomic E-state index is 0.00317. The first-order valence-electron chi connectivity index (χ1n) is 8.35. The van der Waals surface area contributed by atoms with Gasteiger partial charge in [-0.25, -0.2) is 0 Å². The van der Waals surface area contributed by atoms with Crippen molar-refractivity contribution in [2.45, 2.75) is 32.1 Å². The van der Waals surface area contributed by atoms with E-state index < -0.39 is 5.97 Å². The first kappa shape index (κ1) is 17.7. The first-order chi connectivity index (χ1) is 12.6. The van der Waals surface area contributed by atoms with Gasteiger partial charge in [-0.3, -0.25) is 24.3 Å². The Morgan fingerprint density at radius 3 is 2.81 bits per heavy atom. The van der Waals surface area contributed by atoms with Gasteiger partial charge in [0, 0.05) is 43.8 Å². The molecule has 0 atom stereocenters. The summed E-state index contributed by atoms with van der Waals surface area (Å²) in [6, 6.07) is 3.62. The molecule has 0 N–H and O–H groups in total. The minimum Gasteiger partial charge on any atom is -0.466 e. The molecule has 2 aromatic rings. The quantitative estimate of drug-likeness (QED) is 0.392. The predicted molar refractivity (Wildman–Crippen MR) is 87.4 cm³/mol. The summed E-state index contributed by atoms with van der Waals surface area (Å²) >= 11 is 0. The summed E-state index contributed by atoms with van der Waals surface area (Å²) in [7, 11) is 0. The van der Waals surface area contributed by atoms with E-state index in [4.69, 9.17) is 9.26 Å². The third-order valence-electron chi connectivity index (χ3n) is 3.88. The molecule has 0 aliphatic carbocycles. The number of amides is 2. The molecular formula is C17H18N4O5. The molecule has 0 spiro atoms. The SMILES string of the molecule is O=C(CCN1C(=O)CCC1=O)OCCCc1nc(-c2cccnc2)no1. The Bertz CT molecular complexity index is 773. The van der Waals surface area contributed by atoms with E-state index >= 15 is 0 Å². The zero-order valence-corrected chi connectivity index (χ0v) is 14.1. The maximum atomic E-state index is 11.7. The van der Waals surface area contributed by atoms with Gasteiger partial charge in [0.15, 0.2) is 0 Å². The molecule has 1 aliphatic rings. The fraction of sp³-hybridized carbons (Fsp3) is 0.412. The van der Waals surface area contributed by atoms with Crippen molar-refractivity contribution in [2.24, 2.45) is 0 Å². The lowest BCUT2D eigenvalue weighted by Crippen LogP contribution is -2.31. The highest BCUT2D eigenvalue weighted by Gasteiger charge is 2.28. The van der Waals surface area contributed by atoms with E-state index in [0.717, 1.165) is 10.5 Å². The number of ether oxygens (including phenoxy) is 1. The van der Waals surface area contributed by atoms with E-state index in [1.807, 2.05) is 6.07 Å². The van der Waals surface area contributed by atoms with Crippen molar-refractivity contribution in [3.8, 4) is 11.4 Å². The number of aryl methyl sites for hydroxylation is 1. The number of likely N-dealkylation sites (tertiary alicyclic amines) is 1. The van der Waals surface area contributed by atoms with E-state index in [0.29, 0.717) is 24.6 Å². The summed E-state index contributed by atoms with van der Waals surface area (Å²) in [5, 5.41) is 3.88. The highest BCUT2D eigenvalue weighted by Crippen LogP contribution is 2.14. The Morgan fingerprint density at radius 2 is 2.08 bits per heavy atom. The molecule has 0 unspecified atom stereocenters. The first-order valence-corrected chi connectivity index (χ1v) is 8.35. The summed E-state index contributed by atoms with van der Waals surface area (Å²) in [6.45, 7) is 0.278. The van der Waals surface area contributed by atoms with Gasteiger partial charge in [-0.2, -0.15) is 4.98 Å². The molecule has 1 fully saturated rings. The van der Waals surface area contributed by atoms with Gasteiger partial charge >= 0.3 is 5.97 Å². The second kappa shape index (κ2) is 8.32. The fourth-order valence-electron chi connectivity index (χ4n) is 2.53. The topological polar surface area (TPSA) is 115 Å². The molecule has 1 aliphatic heterocycles. The van der Waals surface area contributed by atoms with E-state index in [2.05, 4.69) is 15.1 Å². The van der Waals surface area contributed by atoms with Gasteiger partial charge in [0.25, 0.3) is 0 Å². The molecule has 0 aromatic carbocycles. The number of imide groups is 1. The molecule has 2 aromatic heterocycles. The Labute approximate surface area is 149 Å². The van der Waals surface area contributed by atoms with Crippen molar-refractivity contribution < 1.29 is 23.6 Å². The summed E-state index contributed by atoms with van der Waals surface area (Å²) in [5.41, 5.74) is 0.764. The van der Waals surface area contributed by atoms with Crippen LogP contribution in [0.1, 0.15) is 31.6 Å². The summed E-state index contributed by atoms with van der Waals surface area (Å²) in [5.74, 6) is 0.00418. The van der Waals surface area contributed by atoms with Crippen LogP contribution in [-0.2, 0) is 25.5 Å². The Hall–Kier alpha value is -3.10. The zero-order valence-electron chi connectivity index (χ0n) is 14.1. The smallest absolute Gasteiger partial charge is 0.307 e. The van der Waals surface area contributed by atoms with Gasteiger partial charge in [0.1, 0.15) is 0 Å². The van der Waals surface area contributed by atoms with Crippen molar-refractivity contribution >= 4 is 17.8 Å². The van der Waals surface area contributed by atoms with Gasteiger partial charge in [-0.1, -0.05) is 5.16 Å². The summed E-state index contributed by atoms with van der Waals surface area (Å²) < 4.78 is 10.3. The number of rotatable bonds is 8. The molecule has 1 saturated heterocycles. The number of aromatic nitrogens is 3. The van der Waals surface area contributed by atoms with Crippen molar-refractivity contribution in [3.63, 3.8) is 0 Å². The second-order valence-corrected chi connectivity index (χ2v) is 5.77. The molecular weight excluding hydrogens is 340 g/mol. The van der Waals surface area contributed by atoms with Crippen molar-refractivity contribution in [1.82, 2.24) is 20.0 Å². The lowest BCUT2D eigenvalue weighted by atomic mass is 10.3. The summed E-state index contributed by atoms with van der Waals surface area (Å²) in [6.07, 6.45) is 4.76. The molecule has 0 bridgehead atoms. The molecule has 136 valence electrons. The van der Waals surface area contributed by atoms with E-state index in [1.165, 1.54) is 0 Å². The van der Waals surface area contributed by atoms with Crippen molar-refractivity contribution in [2.75, 3.05) is 13.2 Å². The van der Waals surface area contributed by atoms with Crippen LogP contribution in [0.4, 0.5) is 0 Å². The zero-order chi connectivity index (χ0) is 18.4. The van der Waals surface area contributed by atoms with Gasteiger partial charge in [0.2, 0.25) is 23.5 Å².